The number of oxazole rings is 1. The Morgan fingerprint density at radius 3 is 2.71 bits per heavy atom. The highest BCUT2D eigenvalue weighted by molar-refractivity contribution is 5.94. The molecule has 0 spiro atoms. The molecule has 0 saturated carbocycles. The highest BCUT2D eigenvalue weighted by atomic mass is 35.5. The molecule has 0 radical (unpaired) electrons. The lowest BCUT2D eigenvalue weighted by molar-refractivity contribution is 0.0918. The maximum Gasteiger partial charge on any atom is 0.307 e. The molecule has 6 nitrogen and oxygen atoms in total. The molecule has 0 unspecified atom stereocenters. The maximum atomic E-state index is 12.7. The van der Waals surface area contributed by atoms with Crippen LogP contribution in [0.25, 0.3) is 21.9 Å². The van der Waals surface area contributed by atoms with Crippen LogP contribution in [0.4, 0.5) is 0 Å². The standard InChI is InChI=1S/C24H23N3O3.ClH/c28-23(26-15-17-7-3-6-16-5-1-2-8-19(16)17)24-27-22-20(9-4-10-21(22)30-24)29-18-11-13-25-14-12-18;/h1-10,18,25H,11-15H2,(H,26,28);1H. The highest BCUT2D eigenvalue weighted by Gasteiger charge is 2.20. The van der Waals surface area contributed by atoms with Gasteiger partial charge in [-0.3, -0.25) is 4.79 Å². The van der Waals surface area contributed by atoms with Crippen molar-refractivity contribution in [3.63, 3.8) is 0 Å². The molecule has 1 aromatic heterocycles. The van der Waals surface area contributed by atoms with Crippen LogP contribution >= 0.6 is 12.4 Å². The van der Waals surface area contributed by atoms with Gasteiger partial charge in [-0.25, -0.2) is 4.98 Å². The van der Waals surface area contributed by atoms with Gasteiger partial charge < -0.3 is 19.8 Å². The van der Waals surface area contributed by atoms with Crippen LogP contribution in [0.5, 0.6) is 5.75 Å². The van der Waals surface area contributed by atoms with Crippen LogP contribution in [-0.2, 0) is 6.54 Å². The lowest BCUT2D eigenvalue weighted by Gasteiger charge is -2.23. The number of benzene rings is 3. The third kappa shape index (κ3) is 4.50. The van der Waals surface area contributed by atoms with Crippen LogP contribution in [0, 0.1) is 0 Å². The quantitative estimate of drug-likeness (QED) is 0.482. The molecule has 1 aliphatic heterocycles. The van der Waals surface area contributed by atoms with Gasteiger partial charge in [0.05, 0.1) is 0 Å². The van der Waals surface area contributed by atoms with Crippen molar-refractivity contribution in [3.05, 3.63) is 72.1 Å². The molecule has 0 atom stereocenters. The van der Waals surface area contributed by atoms with Gasteiger partial charge in [0.25, 0.3) is 5.89 Å². The fourth-order valence-electron chi connectivity index (χ4n) is 3.91. The summed E-state index contributed by atoms with van der Waals surface area (Å²) in [5, 5.41) is 8.52. The Labute approximate surface area is 186 Å². The summed E-state index contributed by atoms with van der Waals surface area (Å²) in [7, 11) is 0. The summed E-state index contributed by atoms with van der Waals surface area (Å²) in [6, 6.07) is 19.7. The number of carbonyl (C=O) groups is 1. The minimum absolute atomic E-state index is 0. The molecule has 160 valence electrons. The van der Waals surface area contributed by atoms with Crippen LogP contribution in [-0.4, -0.2) is 30.1 Å². The Bertz CT molecular complexity index is 1200. The van der Waals surface area contributed by atoms with Gasteiger partial charge in [-0.1, -0.05) is 48.5 Å². The third-order valence-corrected chi connectivity index (χ3v) is 5.48. The van der Waals surface area contributed by atoms with Gasteiger partial charge in [-0.2, -0.15) is 0 Å². The normalized spacial score (nSPS) is 14.3. The van der Waals surface area contributed by atoms with Crippen LogP contribution in [0.2, 0.25) is 0 Å². The van der Waals surface area contributed by atoms with Gasteiger partial charge in [0.2, 0.25) is 0 Å². The first-order valence-corrected chi connectivity index (χ1v) is 10.3. The Balaban J connectivity index is 0.00000231. The SMILES string of the molecule is Cl.O=C(NCc1cccc2ccccc12)c1nc2c(OC3CCNCC3)cccc2o1. The molecular weight excluding hydrogens is 414 g/mol. The zero-order valence-electron chi connectivity index (χ0n) is 17.0. The molecular formula is C24H24ClN3O3. The molecule has 5 rings (SSSR count). The second-order valence-corrected chi connectivity index (χ2v) is 7.51. The molecule has 2 N–H and O–H groups in total. The summed E-state index contributed by atoms with van der Waals surface area (Å²) in [5.74, 6) is 0.370. The predicted molar refractivity (Wildman–Crippen MR) is 123 cm³/mol. The van der Waals surface area contributed by atoms with E-state index in [2.05, 4.69) is 33.8 Å². The van der Waals surface area contributed by atoms with Gasteiger partial charge in [-0.15, -0.1) is 12.4 Å². The van der Waals surface area contributed by atoms with Gasteiger partial charge in [-0.05, 0) is 54.4 Å². The number of fused-ring (bicyclic) bond motifs is 2. The summed E-state index contributed by atoms with van der Waals surface area (Å²) in [6.07, 6.45) is 2.05. The molecule has 4 aromatic rings. The Morgan fingerprint density at radius 2 is 1.84 bits per heavy atom. The van der Waals surface area contributed by atoms with E-state index in [4.69, 9.17) is 9.15 Å². The lowest BCUT2D eigenvalue weighted by Crippen LogP contribution is -2.34. The number of amides is 1. The number of halogens is 1. The minimum atomic E-state index is -0.341. The number of ether oxygens (including phenoxy) is 1. The number of nitrogens with one attached hydrogen (secondary N) is 2. The van der Waals surface area contributed by atoms with Crippen molar-refractivity contribution in [1.29, 1.82) is 0 Å². The molecule has 1 saturated heterocycles. The van der Waals surface area contributed by atoms with Gasteiger partial charge in [0.1, 0.15) is 11.9 Å². The van der Waals surface area contributed by atoms with E-state index in [1.807, 2.05) is 36.4 Å². The van der Waals surface area contributed by atoms with E-state index in [-0.39, 0.29) is 30.3 Å². The van der Waals surface area contributed by atoms with Gasteiger partial charge in [0.15, 0.2) is 11.1 Å². The van der Waals surface area contributed by atoms with E-state index in [1.165, 1.54) is 0 Å². The second kappa shape index (κ2) is 9.37. The number of hydrogen-bond acceptors (Lipinski definition) is 5. The summed E-state index contributed by atoms with van der Waals surface area (Å²) >= 11 is 0. The first-order valence-electron chi connectivity index (χ1n) is 10.3. The zero-order chi connectivity index (χ0) is 20.3. The molecule has 3 aromatic carbocycles. The molecule has 31 heavy (non-hydrogen) atoms. The lowest BCUT2D eigenvalue weighted by atomic mass is 10.0. The monoisotopic (exact) mass is 437 g/mol. The molecule has 1 aliphatic rings. The predicted octanol–water partition coefficient (Wildman–Crippen LogP) is 4.46. The molecule has 1 fully saturated rings. The van der Waals surface area contributed by atoms with E-state index < -0.39 is 0 Å². The highest BCUT2D eigenvalue weighted by Crippen LogP contribution is 2.28. The Hall–Kier alpha value is -3.09. The number of piperidine rings is 1. The van der Waals surface area contributed by atoms with Crippen molar-refractivity contribution in [1.82, 2.24) is 15.6 Å². The Kier molecular flexibility index (Phi) is 6.39. The van der Waals surface area contributed by atoms with Crippen LogP contribution in [0.15, 0.2) is 65.1 Å². The molecule has 0 bridgehead atoms. The Morgan fingerprint density at radius 1 is 1.06 bits per heavy atom. The number of carbonyl (C=O) groups excluding carboxylic acids is 1. The van der Waals surface area contributed by atoms with Crippen LogP contribution < -0.4 is 15.4 Å². The topological polar surface area (TPSA) is 76.4 Å². The average Bonchev–Trinajstić information content (AvgIpc) is 3.24. The summed E-state index contributed by atoms with van der Waals surface area (Å²) in [6.45, 7) is 2.29. The van der Waals surface area contributed by atoms with Crippen molar-refractivity contribution < 1.29 is 13.9 Å². The van der Waals surface area contributed by atoms with Gasteiger partial charge >= 0.3 is 5.91 Å². The number of aromatic nitrogens is 1. The van der Waals surface area contributed by atoms with E-state index in [0.29, 0.717) is 23.4 Å². The average molecular weight is 438 g/mol. The smallest absolute Gasteiger partial charge is 0.307 e. The van der Waals surface area contributed by atoms with Crippen molar-refractivity contribution in [2.45, 2.75) is 25.5 Å². The molecule has 2 heterocycles. The first kappa shape index (κ1) is 21.2. The first-order chi connectivity index (χ1) is 14.8. The third-order valence-electron chi connectivity index (χ3n) is 5.48. The summed E-state index contributed by atoms with van der Waals surface area (Å²) in [5.41, 5.74) is 2.19. The van der Waals surface area contributed by atoms with E-state index in [9.17, 15) is 4.79 Å². The molecule has 0 aliphatic carbocycles. The molecule has 7 heteroatoms. The minimum Gasteiger partial charge on any atom is -0.488 e. The number of para-hydroxylation sites is 1. The fourth-order valence-corrected chi connectivity index (χ4v) is 3.91. The van der Waals surface area contributed by atoms with E-state index in [0.717, 1.165) is 42.3 Å². The summed E-state index contributed by atoms with van der Waals surface area (Å²) in [4.78, 5) is 17.1. The number of rotatable bonds is 5. The summed E-state index contributed by atoms with van der Waals surface area (Å²) < 4.78 is 11.9. The molecule has 1 amide bonds. The van der Waals surface area contributed by atoms with Crippen molar-refractivity contribution in [2.75, 3.05) is 13.1 Å². The zero-order valence-corrected chi connectivity index (χ0v) is 17.8. The van der Waals surface area contributed by atoms with Crippen molar-refractivity contribution in [2.24, 2.45) is 0 Å². The van der Waals surface area contributed by atoms with Crippen LogP contribution in [0.3, 0.4) is 0 Å². The van der Waals surface area contributed by atoms with Crippen molar-refractivity contribution >= 4 is 40.2 Å². The second-order valence-electron chi connectivity index (χ2n) is 7.51. The largest absolute Gasteiger partial charge is 0.488 e. The fraction of sp³-hybridized carbons (Fsp3) is 0.250. The van der Waals surface area contributed by atoms with Crippen LogP contribution in [0.1, 0.15) is 29.1 Å². The van der Waals surface area contributed by atoms with E-state index >= 15 is 0 Å². The maximum absolute atomic E-state index is 12.7. The van der Waals surface area contributed by atoms with Gasteiger partial charge in [0, 0.05) is 6.54 Å². The van der Waals surface area contributed by atoms with Crippen molar-refractivity contribution in [3.8, 4) is 5.75 Å². The van der Waals surface area contributed by atoms with E-state index in [1.54, 1.807) is 6.07 Å². The number of hydrogen-bond donors (Lipinski definition) is 2. The number of nitrogens with zero attached hydrogens (tertiary/aromatic N) is 1.